The van der Waals surface area contributed by atoms with Gasteiger partial charge in [-0.15, -0.1) is 0 Å². The van der Waals surface area contributed by atoms with Crippen molar-refractivity contribution in [2.24, 2.45) is 7.05 Å². The summed E-state index contributed by atoms with van der Waals surface area (Å²) in [7, 11) is 5.48. The third kappa shape index (κ3) is 2.10. The molecule has 0 aliphatic rings. The van der Waals surface area contributed by atoms with Crippen LogP contribution in [0.3, 0.4) is 0 Å². The summed E-state index contributed by atoms with van der Waals surface area (Å²) in [6, 6.07) is 0. The van der Waals surface area contributed by atoms with Gasteiger partial charge in [-0.05, 0) is 6.92 Å². The number of carbonyl (C=O) groups is 1. The van der Waals surface area contributed by atoms with Gasteiger partial charge >= 0.3 is 0 Å². The molecule has 0 aliphatic carbocycles. The van der Waals surface area contributed by atoms with Gasteiger partial charge in [-0.3, -0.25) is 4.79 Å². The molecule has 8 heteroatoms. The molecule has 23 heavy (non-hydrogen) atoms. The van der Waals surface area contributed by atoms with Gasteiger partial charge in [0.25, 0.3) is 0 Å². The second-order valence-corrected chi connectivity index (χ2v) is 5.45. The number of aromatic nitrogens is 4. The zero-order chi connectivity index (χ0) is 16.7. The van der Waals surface area contributed by atoms with E-state index < -0.39 is 0 Å². The minimum absolute atomic E-state index is 0.232. The smallest absolute Gasteiger partial charge is 0.167 e. The number of aliphatic hydroxyl groups is 1. The monoisotopic (exact) mass is 315 g/mol. The molecule has 0 saturated heterocycles. The Labute approximate surface area is 132 Å². The maximum Gasteiger partial charge on any atom is 0.167 e. The lowest BCUT2D eigenvalue weighted by atomic mass is 10.0. The fraction of sp³-hybridized carbons (Fsp3) is 0.333. The standard InChI is InChI=1S/C15H17N5O3/c1-8-9(5-21)13(18-23-8)11-10(6-22)20(4)15-12(11)14(19(2)3)16-7-17-15/h6-7,21H,5H2,1-4H3. The van der Waals surface area contributed by atoms with E-state index in [1.54, 1.807) is 18.5 Å². The molecule has 0 saturated carbocycles. The number of fused-ring (bicyclic) bond motifs is 1. The van der Waals surface area contributed by atoms with Crippen LogP contribution in [-0.4, -0.2) is 45.2 Å². The van der Waals surface area contributed by atoms with Crippen molar-refractivity contribution in [3.8, 4) is 11.3 Å². The van der Waals surface area contributed by atoms with E-state index in [-0.39, 0.29) is 6.61 Å². The van der Waals surface area contributed by atoms with Crippen molar-refractivity contribution in [1.29, 1.82) is 0 Å². The highest BCUT2D eigenvalue weighted by atomic mass is 16.5. The van der Waals surface area contributed by atoms with Gasteiger partial charge in [-0.2, -0.15) is 0 Å². The molecule has 0 aromatic carbocycles. The maximum absolute atomic E-state index is 11.7. The van der Waals surface area contributed by atoms with Crippen LogP contribution in [0.4, 0.5) is 5.82 Å². The van der Waals surface area contributed by atoms with Crippen LogP contribution in [-0.2, 0) is 13.7 Å². The van der Waals surface area contributed by atoms with Crippen molar-refractivity contribution < 1.29 is 14.4 Å². The third-order valence-corrected chi connectivity index (χ3v) is 3.91. The highest BCUT2D eigenvalue weighted by molar-refractivity contribution is 6.08. The molecular formula is C15H17N5O3. The topological polar surface area (TPSA) is 97.3 Å². The van der Waals surface area contributed by atoms with Crippen LogP contribution in [0.2, 0.25) is 0 Å². The average Bonchev–Trinajstić information content (AvgIpc) is 3.04. The van der Waals surface area contributed by atoms with Crippen molar-refractivity contribution in [2.75, 3.05) is 19.0 Å². The van der Waals surface area contributed by atoms with Crippen molar-refractivity contribution >= 4 is 23.1 Å². The Balaban J connectivity index is 2.50. The molecule has 3 rings (SSSR count). The molecule has 0 amide bonds. The summed E-state index contributed by atoms with van der Waals surface area (Å²) in [6.07, 6.45) is 2.21. The molecule has 0 spiro atoms. The van der Waals surface area contributed by atoms with Crippen LogP contribution in [0.1, 0.15) is 21.8 Å². The van der Waals surface area contributed by atoms with E-state index in [1.165, 1.54) is 6.33 Å². The van der Waals surface area contributed by atoms with Gasteiger partial charge in [0.1, 0.15) is 29.2 Å². The lowest BCUT2D eigenvalue weighted by molar-refractivity contribution is 0.111. The van der Waals surface area contributed by atoms with Crippen LogP contribution in [0, 0.1) is 6.92 Å². The molecule has 3 aromatic heterocycles. The van der Waals surface area contributed by atoms with Crippen molar-refractivity contribution in [2.45, 2.75) is 13.5 Å². The lowest BCUT2D eigenvalue weighted by Gasteiger charge is -2.12. The molecule has 0 bridgehead atoms. The normalized spacial score (nSPS) is 11.2. The summed E-state index contributed by atoms with van der Waals surface area (Å²) in [6.45, 7) is 1.49. The van der Waals surface area contributed by atoms with Crippen molar-refractivity contribution in [1.82, 2.24) is 19.7 Å². The predicted octanol–water partition coefficient (Wildman–Crippen LogP) is 1.30. The zero-order valence-electron chi connectivity index (χ0n) is 13.4. The van der Waals surface area contributed by atoms with Crippen LogP contribution in [0.25, 0.3) is 22.3 Å². The number of hydrogen-bond acceptors (Lipinski definition) is 7. The Hall–Kier alpha value is -2.74. The fourth-order valence-corrected chi connectivity index (χ4v) is 2.75. The van der Waals surface area contributed by atoms with Crippen molar-refractivity contribution in [3.05, 3.63) is 23.3 Å². The molecule has 0 fully saturated rings. The average molecular weight is 315 g/mol. The first-order chi connectivity index (χ1) is 11.0. The quantitative estimate of drug-likeness (QED) is 0.725. The highest BCUT2D eigenvalue weighted by Gasteiger charge is 2.26. The number of aldehydes is 1. The van der Waals surface area contributed by atoms with Gasteiger partial charge in [0.05, 0.1) is 17.7 Å². The number of aryl methyl sites for hydroxylation is 2. The minimum atomic E-state index is -0.232. The molecule has 0 radical (unpaired) electrons. The molecule has 1 N–H and O–H groups in total. The zero-order valence-corrected chi connectivity index (χ0v) is 13.4. The van der Waals surface area contributed by atoms with Crippen LogP contribution < -0.4 is 4.90 Å². The molecule has 120 valence electrons. The molecule has 0 unspecified atom stereocenters. The molecule has 0 atom stereocenters. The SMILES string of the molecule is Cc1onc(-c2c(C=O)n(C)c3ncnc(N(C)C)c23)c1CO. The first-order valence-corrected chi connectivity index (χ1v) is 7.03. The summed E-state index contributed by atoms with van der Waals surface area (Å²) >= 11 is 0. The second kappa shape index (κ2) is 5.47. The molecule has 8 nitrogen and oxygen atoms in total. The van der Waals surface area contributed by atoms with E-state index in [0.717, 1.165) is 6.29 Å². The number of hydrogen-bond donors (Lipinski definition) is 1. The van der Waals surface area contributed by atoms with Gasteiger partial charge in [0.15, 0.2) is 6.29 Å². The number of aliphatic hydroxyl groups excluding tert-OH is 1. The lowest BCUT2D eigenvalue weighted by Crippen LogP contribution is -2.11. The fourth-order valence-electron chi connectivity index (χ4n) is 2.75. The van der Waals surface area contributed by atoms with Crippen LogP contribution in [0.5, 0.6) is 0 Å². The minimum Gasteiger partial charge on any atom is -0.391 e. The van der Waals surface area contributed by atoms with Crippen LogP contribution in [0.15, 0.2) is 10.9 Å². The number of carbonyl (C=O) groups excluding carboxylic acids is 1. The largest absolute Gasteiger partial charge is 0.391 e. The van der Waals surface area contributed by atoms with Gasteiger partial charge in [-0.25, -0.2) is 9.97 Å². The van der Waals surface area contributed by atoms with E-state index in [1.807, 2.05) is 19.0 Å². The van der Waals surface area contributed by atoms with E-state index in [2.05, 4.69) is 15.1 Å². The first-order valence-electron chi connectivity index (χ1n) is 7.03. The number of anilines is 1. The summed E-state index contributed by atoms with van der Waals surface area (Å²) < 4.78 is 6.90. The molecule has 3 aromatic rings. The number of nitrogens with zero attached hydrogens (tertiary/aromatic N) is 5. The third-order valence-electron chi connectivity index (χ3n) is 3.91. The maximum atomic E-state index is 11.7. The Morgan fingerprint density at radius 3 is 2.74 bits per heavy atom. The second-order valence-electron chi connectivity index (χ2n) is 5.45. The summed E-state index contributed by atoms with van der Waals surface area (Å²) in [5.41, 5.74) is 2.59. The van der Waals surface area contributed by atoms with E-state index in [4.69, 9.17) is 4.52 Å². The predicted molar refractivity (Wildman–Crippen MR) is 84.4 cm³/mol. The first kappa shape index (κ1) is 15.2. The Bertz CT molecular complexity index is 894. The summed E-state index contributed by atoms with van der Waals surface area (Å²) in [5, 5.41) is 14.4. The van der Waals surface area contributed by atoms with Gasteiger partial charge in [0.2, 0.25) is 0 Å². The highest BCUT2D eigenvalue weighted by Crippen LogP contribution is 2.38. The Morgan fingerprint density at radius 2 is 2.13 bits per heavy atom. The number of rotatable bonds is 4. The Kier molecular flexibility index (Phi) is 3.61. The van der Waals surface area contributed by atoms with E-state index in [9.17, 15) is 9.90 Å². The van der Waals surface area contributed by atoms with Crippen molar-refractivity contribution in [3.63, 3.8) is 0 Å². The van der Waals surface area contributed by atoms with Gasteiger partial charge < -0.3 is 19.1 Å². The van der Waals surface area contributed by atoms with E-state index in [0.29, 0.717) is 45.1 Å². The van der Waals surface area contributed by atoms with E-state index >= 15 is 0 Å². The summed E-state index contributed by atoms with van der Waals surface area (Å²) in [5.74, 6) is 1.18. The van der Waals surface area contributed by atoms with Gasteiger partial charge in [-0.1, -0.05) is 5.16 Å². The molecule has 3 heterocycles. The molecular weight excluding hydrogens is 298 g/mol. The summed E-state index contributed by atoms with van der Waals surface area (Å²) in [4.78, 5) is 22.1. The molecule has 0 aliphatic heterocycles. The van der Waals surface area contributed by atoms with Crippen LogP contribution >= 0.6 is 0 Å². The Morgan fingerprint density at radius 1 is 1.39 bits per heavy atom. The van der Waals surface area contributed by atoms with Gasteiger partial charge in [0, 0.05) is 32.3 Å².